The van der Waals surface area contributed by atoms with Gasteiger partial charge in [-0.2, -0.15) is 0 Å². The summed E-state index contributed by atoms with van der Waals surface area (Å²) in [7, 11) is 0. The highest BCUT2D eigenvalue weighted by molar-refractivity contribution is 5.51. The fourth-order valence-electron chi connectivity index (χ4n) is 1.98. The van der Waals surface area contributed by atoms with Gasteiger partial charge in [0, 0.05) is 18.2 Å². The van der Waals surface area contributed by atoms with Gasteiger partial charge in [0.15, 0.2) is 0 Å². The zero-order valence-corrected chi connectivity index (χ0v) is 12.1. The number of nitro groups is 1. The van der Waals surface area contributed by atoms with E-state index in [0.717, 1.165) is 17.7 Å². The van der Waals surface area contributed by atoms with E-state index in [1.165, 1.54) is 6.07 Å². The number of hydrogen-bond acceptors (Lipinski definition) is 4. The predicted molar refractivity (Wildman–Crippen MR) is 81.7 cm³/mol. The van der Waals surface area contributed by atoms with E-state index in [-0.39, 0.29) is 11.4 Å². The smallest absolute Gasteiger partial charge is 0.311 e. The van der Waals surface area contributed by atoms with E-state index in [9.17, 15) is 10.1 Å². The topological polar surface area (TPSA) is 64.4 Å². The summed E-state index contributed by atoms with van der Waals surface area (Å²) < 4.78 is 5.80. The van der Waals surface area contributed by atoms with Crippen molar-refractivity contribution < 1.29 is 9.66 Å². The first-order chi connectivity index (χ1) is 10.1. The van der Waals surface area contributed by atoms with Crippen LogP contribution >= 0.6 is 0 Å². The Labute approximate surface area is 123 Å². The minimum atomic E-state index is -0.429. The predicted octanol–water partition coefficient (Wildman–Crippen LogP) is 3.81. The fraction of sp³-hybridized carbons (Fsp3) is 0.250. The largest absolute Gasteiger partial charge is 0.450 e. The van der Waals surface area contributed by atoms with Gasteiger partial charge < -0.3 is 10.1 Å². The Morgan fingerprint density at radius 2 is 1.95 bits per heavy atom. The van der Waals surface area contributed by atoms with Crippen molar-refractivity contribution in [3.05, 3.63) is 63.7 Å². The lowest BCUT2D eigenvalue weighted by molar-refractivity contribution is -0.385. The normalized spacial score (nSPS) is 10.4. The zero-order valence-electron chi connectivity index (χ0n) is 12.1. The third-order valence-corrected chi connectivity index (χ3v) is 3.07. The molecule has 2 aromatic carbocycles. The van der Waals surface area contributed by atoms with Crippen molar-refractivity contribution >= 4 is 5.69 Å². The first kappa shape index (κ1) is 15.0. The third-order valence-electron chi connectivity index (χ3n) is 3.07. The first-order valence-electron chi connectivity index (χ1n) is 6.83. The van der Waals surface area contributed by atoms with E-state index in [1.54, 1.807) is 12.1 Å². The Morgan fingerprint density at radius 3 is 2.67 bits per heavy atom. The maximum absolute atomic E-state index is 11.1. The Hall–Kier alpha value is -2.40. The van der Waals surface area contributed by atoms with Crippen LogP contribution in [0.1, 0.15) is 18.1 Å². The van der Waals surface area contributed by atoms with Crippen molar-refractivity contribution in [3.63, 3.8) is 0 Å². The number of rotatable bonds is 6. The monoisotopic (exact) mass is 286 g/mol. The molecule has 0 bridgehead atoms. The highest BCUT2D eigenvalue weighted by atomic mass is 16.6. The molecule has 0 aliphatic heterocycles. The number of hydrogen-bond donors (Lipinski definition) is 1. The van der Waals surface area contributed by atoms with Crippen molar-refractivity contribution in [1.82, 2.24) is 5.32 Å². The molecule has 2 aromatic rings. The second-order valence-electron chi connectivity index (χ2n) is 4.72. The van der Waals surface area contributed by atoms with Gasteiger partial charge in [0.05, 0.1) is 4.92 Å². The lowest BCUT2D eigenvalue weighted by Crippen LogP contribution is -2.12. The number of nitro benzene ring substituents is 1. The summed E-state index contributed by atoms with van der Waals surface area (Å²) in [6, 6.07) is 12.4. The molecule has 0 aromatic heterocycles. The molecule has 2 rings (SSSR count). The van der Waals surface area contributed by atoms with Gasteiger partial charge in [-0.1, -0.05) is 31.2 Å². The van der Waals surface area contributed by atoms with Crippen LogP contribution in [0, 0.1) is 17.0 Å². The number of para-hydroxylation sites is 1. The number of benzene rings is 2. The molecule has 110 valence electrons. The van der Waals surface area contributed by atoms with E-state index >= 15 is 0 Å². The Balaban J connectivity index is 2.34. The molecule has 0 spiro atoms. The molecule has 0 saturated carbocycles. The molecule has 0 atom stereocenters. The van der Waals surface area contributed by atoms with Gasteiger partial charge in [-0.3, -0.25) is 10.1 Å². The van der Waals surface area contributed by atoms with Crippen LogP contribution in [0.4, 0.5) is 5.69 Å². The number of aryl methyl sites for hydroxylation is 1. The van der Waals surface area contributed by atoms with Gasteiger partial charge in [-0.25, -0.2) is 0 Å². The standard InChI is InChI=1S/C16H18N2O3/c1-3-17-11-13-6-4-5-7-15(13)21-16-10-12(2)8-9-14(16)18(19)20/h4-10,17H,3,11H2,1-2H3. The molecule has 0 unspecified atom stereocenters. The SMILES string of the molecule is CCNCc1ccccc1Oc1cc(C)ccc1[N+](=O)[O-]. The lowest BCUT2D eigenvalue weighted by Gasteiger charge is -2.12. The van der Waals surface area contributed by atoms with Crippen molar-refractivity contribution in [1.29, 1.82) is 0 Å². The third kappa shape index (κ3) is 3.79. The average Bonchev–Trinajstić information content (AvgIpc) is 2.46. The molecule has 0 saturated heterocycles. The quantitative estimate of drug-likeness (QED) is 0.648. The summed E-state index contributed by atoms with van der Waals surface area (Å²) in [6.07, 6.45) is 0. The van der Waals surface area contributed by atoms with Gasteiger partial charge >= 0.3 is 5.69 Å². The molecule has 0 heterocycles. The van der Waals surface area contributed by atoms with Crippen molar-refractivity contribution in [2.75, 3.05) is 6.54 Å². The molecule has 21 heavy (non-hydrogen) atoms. The Morgan fingerprint density at radius 1 is 1.19 bits per heavy atom. The van der Waals surface area contributed by atoms with Crippen LogP contribution in [0.5, 0.6) is 11.5 Å². The number of ether oxygens (including phenoxy) is 1. The molecule has 0 fully saturated rings. The molecule has 1 N–H and O–H groups in total. The van der Waals surface area contributed by atoms with Crippen LogP contribution in [0.15, 0.2) is 42.5 Å². The molecule has 5 nitrogen and oxygen atoms in total. The van der Waals surface area contributed by atoms with Gasteiger partial charge in [-0.05, 0) is 31.2 Å². The summed E-state index contributed by atoms with van der Waals surface area (Å²) in [6.45, 7) is 5.40. The van der Waals surface area contributed by atoms with Crippen LogP contribution in [0.3, 0.4) is 0 Å². The van der Waals surface area contributed by atoms with Crippen LogP contribution in [0.2, 0.25) is 0 Å². The first-order valence-corrected chi connectivity index (χ1v) is 6.83. The van der Waals surface area contributed by atoms with Gasteiger partial charge in [0.2, 0.25) is 5.75 Å². The van der Waals surface area contributed by atoms with Crippen LogP contribution < -0.4 is 10.1 Å². The summed E-state index contributed by atoms with van der Waals surface area (Å²) in [5, 5.41) is 14.3. The molecule has 0 amide bonds. The highest BCUT2D eigenvalue weighted by Gasteiger charge is 2.16. The van der Waals surface area contributed by atoms with E-state index in [0.29, 0.717) is 12.3 Å². The molecular formula is C16H18N2O3. The Kier molecular flexibility index (Phi) is 4.90. The van der Waals surface area contributed by atoms with Crippen molar-refractivity contribution in [2.45, 2.75) is 20.4 Å². The number of nitrogens with one attached hydrogen (secondary N) is 1. The molecular weight excluding hydrogens is 268 g/mol. The zero-order chi connectivity index (χ0) is 15.2. The van der Waals surface area contributed by atoms with Gasteiger partial charge in [-0.15, -0.1) is 0 Å². The lowest BCUT2D eigenvalue weighted by atomic mass is 10.2. The van der Waals surface area contributed by atoms with E-state index < -0.39 is 4.92 Å². The molecule has 5 heteroatoms. The fourth-order valence-corrected chi connectivity index (χ4v) is 1.98. The van der Waals surface area contributed by atoms with E-state index in [1.807, 2.05) is 38.1 Å². The second kappa shape index (κ2) is 6.85. The second-order valence-corrected chi connectivity index (χ2v) is 4.72. The maximum Gasteiger partial charge on any atom is 0.311 e. The van der Waals surface area contributed by atoms with Gasteiger partial charge in [0.25, 0.3) is 0 Å². The average molecular weight is 286 g/mol. The van der Waals surface area contributed by atoms with Crippen LogP contribution in [0.25, 0.3) is 0 Å². The minimum Gasteiger partial charge on any atom is -0.450 e. The summed E-state index contributed by atoms with van der Waals surface area (Å²) in [4.78, 5) is 10.7. The molecule has 0 radical (unpaired) electrons. The summed E-state index contributed by atoms with van der Waals surface area (Å²) in [5.41, 5.74) is 1.86. The van der Waals surface area contributed by atoms with E-state index in [2.05, 4.69) is 5.32 Å². The summed E-state index contributed by atoms with van der Waals surface area (Å²) in [5.74, 6) is 0.899. The van der Waals surface area contributed by atoms with E-state index in [4.69, 9.17) is 4.74 Å². The highest BCUT2D eigenvalue weighted by Crippen LogP contribution is 2.33. The number of nitrogens with zero attached hydrogens (tertiary/aromatic N) is 1. The van der Waals surface area contributed by atoms with Crippen molar-refractivity contribution in [3.8, 4) is 11.5 Å². The molecule has 0 aliphatic carbocycles. The minimum absolute atomic E-state index is 0.0288. The van der Waals surface area contributed by atoms with Crippen LogP contribution in [-0.2, 0) is 6.54 Å². The van der Waals surface area contributed by atoms with Gasteiger partial charge in [0.1, 0.15) is 5.75 Å². The van der Waals surface area contributed by atoms with Crippen LogP contribution in [-0.4, -0.2) is 11.5 Å². The van der Waals surface area contributed by atoms with Crippen molar-refractivity contribution in [2.24, 2.45) is 0 Å². The molecule has 0 aliphatic rings. The summed E-state index contributed by atoms with van der Waals surface area (Å²) >= 11 is 0. The Bertz CT molecular complexity index is 641. The maximum atomic E-state index is 11.1.